The number of benzene rings is 3. The van der Waals surface area contributed by atoms with Crippen LogP contribution in [0, 0.1) is 6.92 Å². The molecule has 0 saturated heterocycles. The van der Waals surface area contributed by atoms with Crippen LogP contribution in [0.3, 0.4) is 0 Å². The van der Waals surface area contributed by atoms with Crippen LogP contribution >= 0.6 is 27.3 Å². The SMILES string of the molecule is Cc1cccc(NC(=O)CN2C(=O)C(=c3sc4nc(-c5ccc(Br)cc5)nn4c3=O)c3ccccc32)c1. The van der Waals surface area contributed by atoms with Crippen LogP contribution in [-0.4, -0.2) is 33.0 Å². The number of aryl methyl sites for hydroxylation is 1. The maximum absolute atomic E-state index is 13.6. The zero-order valence-corrected chi connectivity index (χ0v) is 21.8. The van der Waals surface area contributed by atoms with Crippen LogP contribution in [0.1, 0.15) is 11.1 Å². The Bertz CT molecular complexity index is 1830. The number of halogens is 1. The second kappa shape index (κ2) is 9.06. The normalized spacial score (nSPS) is 14.3. The second-order valence-electron chi connectivity index (χ2n) is 8.57. The molecule has 3 aromatic carbocycles. The summed E-state index contributed by atoms with van der Waals surface area (Å²) in [5.74, 6) is -0.311. The van der Waals surface area contributed by atoms with Gasteiger partial charge in [-0.25, -0.2) is 0 Å². The van der Waals surface area contributed by atoms with Gasteiger partial charge in [-0.15, -0.1) is 5.10 Å². The van der Waals surface area contributed by atoms with E-state index in [1.54, 1.807) is 30.3 Å². The van der Waals surface area contributed by atoms with Crippen molar-refractivity contribution in [2.45, 2.75) is 6.92 Å². The van der Waals surface area contributed by atoms with E-state index in [1.165, 1.54) is 9.42 Å². The predicted molar refractivity (Wildman–Crippen MR) is 147 cm³/mol. The van der Waals surface area contributed by atoms with E-state index in [-0.39, 0.29) is 22.6 Å². The van der Waals surface area contributed by atoms with Crippen LogP contribution in [-0.2, 0) is 9.59 Å². The molecule has 0 saturated carbocycles. The third-order valence-electron chi connectivity index (χ3n) is 6.01. The lowest BCUT2D eigenvalue weighted by Gasteiger charge is -2.16. The number of hydrogen-bond acceptors (Lipinski definition) is 6. The Hall–Kier alpha value is -4.15. The van der Waals surface area contributed by atoms with Crippen molar-refractivity contribution < 1.29 is 9.59 Å². The highest BCUT2D eigenvalue weighted by atomic mass is 79.9. The zero-order valence-electron chi connectivity index (χ0n) is 19.4. The lowest BCUT2D eigenvalue weighted by molar-refractivity contribution is -0.118. The Kier molecular flexibility index (Phi) is 5.69. The number of para-hydroxylation sites is 1. The van der Waals surface area contributed by atoms with Crippen LogP contribution in [0.15, 0.2) is 82.1 Å². The summed E-state index contributed by atoms with van der Waals surface area (Å²) in [7, 11) is 0. The number of thiazole rings is 1. The molecule has 0 fully saturated rings. The third kappa shape index (κ3) is 4.13. The first-order valence-electron chi connectivity index (χ1n) is 11.4. The van der Waals surface area contributed by atoms with E-state index < -0.39 is 11.5 Å². The number of carbonyl (C=O) groups excluding carboxylic acids is 2. The molecule has 0 aliphatic carbocycles. The average Bonchev–Trinajstić information content (AvgIpc) is 3.51. The quantitative estimate of drug-likeness (QED) is 0.354. The fourth-order valence-electron chi connectivity index (χ4n) is 4.33. The van der Waals surface area contributed by atoms with E-state index in [1.807, 2.05) is 49.4 Å². The van der Waals surface area contributed by atoms with Crippen molar-refractivity contribution >= 4 is 61.0 Å². The molecule has 3 heterocycles. The van der Waals surface area contributed by atoms with Gasteiger partial charge in [0.1, 0.15) is 11.1 Å². The second-order valence-corrected chi connectivity index (χ2v) is 10.5. The van der Waals surface area contributed by atoms with Crippen molar-refractivity contribution in [1.82, 2.24) is 14.6 Å². The first-order chi connectivity index (χ1) is 17.9. The summed E-state index contributed by atoms with van der Waals surface area (Å²) in [4.78, 5) is 46.1. The van der Waals surface area contributed by atoms with Gasteiger partial charge in [-0.2, -0.15) is 9.50 Å². The Morgan fingerprint density at radius 3 is 2.57 bits per heavy atom. The van der Waals surface area contributed by atoms with Crippen molar-refractivity contribution in [2.75, 3.05) is 16.8 Å². The lowest BCUT2D eigenvalue weighted by atomic mass is 10.1. The number of amides is 2. The Balaban J connectivity index is 1.38. The molecule has 37 heavy (non-hydrogen) atoms. The van der Waals surface area contributed by atoms with Gasteiger partial charge in [-0.3, -0.25) is 19.3 Å². The Morgan fingerprint density at radius 2 is 1.81 bits per heavy atom. The maximum atomic E-state index is 13.6. The molecule has 10 heteroatoms. The summed E-state index contributed by atoms with van der Waals surface area (Å²) in [5.41, 5.74) is 3.47. The van der Waals surface area contributed by atoms with Crippen LogP contribution < -0.4 is 20.3 Å². The molecule has 2 amide bonds. The fourth-order valence-corrected chi connectivity index (χ4v) is 5.59. The topological polar surface area (TPSA) is 96.7 Å². The highest BCUT2D eigenvalue weighted by Crippen LogP contribution is 2.35. The molecule has 1 aliphatic rings. The van der Waals surface area contributed by atoms with Gasteiger partial charge < -0.3 is 5.32 Å². The molecule has 2 aromatic heterocycles. The number of carbonyl (C=O) groups is 2. The molecule has 8 nitrogen and oxygen atoms in total. The number of hydrogen-bond donors (Lipinski definition) is 1. The summed E-state index contributed by atoms with van der Waals surface area (Å²) >= 11 is 4.52. The average molecular weight is 572 g/mol. The summed E-state index contributed by atoms with van der Waals surface area (Å²) in [6, 6.07) is 22.1. The summed E-state index contributed by atoms with van der Waals surface area (Å²) < 4.78 is 2.40. The first kappa shape index (κ1) is 23.3. The van der Waals surface area contributed by atoms with Gasteiger partial charge in [0.25, 0.3) is 11.5 Å². The molecule has 1 N–H and O–H groups in total. The molecular formula is C27H18BrN5O3S. The Labute approximate surface area is 223 Å². The summed E-state index contributed by atoms with van der Waals surface area (Å²) in [6.07, 6.45) is 0. The maximum Gasteiger partial charge on any atom is 0.291 e. The molecule has 5 aromatic rings. The molecular weight excluding hydrogens is 554 g/mol. The predicted octanol–water partition coefficient (Wildman–Crippen LogP) is 3.79. The minimum absolute atomic E-state index is 0.185. The number of nitrogens with one attached hydrogen (secondary N) is 1. The fraction of sp³-hybridized carbons (Fsp3) is 0.0741. The van der Waals surface area contributed by atoms with E-state index in [4.69, 9.17) is 0 Å². The van der Waals surface area contributed by atoms with Crippen LogP contribution in [0.25, 0.3) is 21.9 Å². The van der Waals surface area contributed by atoms with Crippen molar-refractivity contribution in [2.24, 2.45) is 0 Å². The Morgan fingerprint density at radius 1 is 1.03 bits per heavy atom. The largest absolute Gasteiger partial charge is 0.325 e. The first-order valence-corrected chi connectivity index (χ1v) is 13.0. The van der Waals surface area contributed by atoms with E-state index >= 15 is 0 Å². The van der Waals surface area contributed by atoms with Crippen LogP contribution in [0.2, 0.25) is 0 Å². The van der Waals surface area contributed by atoms with Gasteiger partial charge in [0, 0.05) is 21.3 Å². The van der Waals surface area contributed by atoms with Crippen molar-refractivity contribution in [3.63, 3.8) is 0 Å². The standard InChI is InChI=1S/C27H18BrN5O3S/c1-15-5-4-6-18(13-15)29-21(34)14-32-20-8-3-2-7-19(20)22(25(32)35)23-26(36)33-27(37-23)30-24(31-33)16-9-11-17(28)12-10-16/h2-13H,14H2,1H3,(H,29,34). The highest BCUT2D eigenvalue weighted by Gasteiger charge is 2.35. The molecule has 0 bridgehead atoms. The molecule has 0 atom stereocenters. The number of nitrogens with zero attached hydrogens (tertiary/aromatic N) is 4. The number of fused-ring (bicyclic) bond motifs is 2. The zero-order chi connectivity index (χ0) is 25.7. The molecule has 0 spiro atoms. The molecule has 0 radical (unpaired) electrons. The van der Waals surface area contributed by atoms with E-state index in [9.17, 15) is 14.4 Å². The van der Waals surface area contributed by atoms with E-state index in [0.29, 0.717) is 27.7 Å². The van der Waals surface area contributed by atoms with Crippen LogP contribution in [0.5, 0.6) is 0 Å². The number of rotatable bonds is 4. The molecule has 6 rings (SSSR count). The van der Waals surface area contributed by atoms with E-state index in [2.05, 4.69) is 31.3 Å². The minimum atomic E-state index is -0.417. The summed E-state index contributed by atoms with van der Waals surface area (Å²) in [5, 5.41) is 7.23. The smallest absolute Gasteiger partial charge is 0.291 e. The van der Waals surface area contributed by atoms with Gasteiger partial charge in [-0.1, -0.05) is 69.7 Å². The van der Waals surface area contributed by atoms with Gasteiger partial charge in [0.05, 0.1) is 11.3 Å². The van der Waals surface area contributed by atoms with E-state index in [0.717, 1.165) is 26.9 Å². The van der Waals surface area contributed by atoms with Gasteiger partial charge in [0.2, 0.25) is 10.9 Å². The third-order valence-corrected chi connectivity index (χ3v) is 7.57. The molecule has 182 valence electrons. The lowest BCUT2D eigenvalue weighted by Crippen LogP contribution is -2.37. The van der Waals surface area contributed by atoms with Crippen LogP contribution in [0.4, 0.5) is 11.4 Å². The van der Waals surface area contributed by atoms with Gasteiger partial charge in [0.15, 0.2) is 5.82 Å². The molecule has 1 aliphatic heterocycles. The number of aromatic nitrogens is 3. The number of anilines is 2. The monoisotopic (exact) mass is 571 g/mol. The van der Waals surface area contributed by atoms with Gasteiger partial charge in [-0.05, 0) is 42.8 Å². The highest BCUT2D eigenvalue weighted by molar-refractivity contribution is 9.10. The van der Waals surface area contributed by atoms with Crippen molar-refractivity contribution in [1.29, 1.82) is 0 Å². The van der Waals surface area contributed by atoms with Crippen molar-refractivity contribution in [3.8, 4) is 11.4 Å². The minimum Gasteiger partial charge on any atom is -0.325 e. The van der Waals surface area contributed by atoms with Crippen molar-refractivity contribution in [3.05, 3.63) is 103 Å². The molecule has 0 unspecified atom stereocenters. The summed E-state index contributed by atoms with van der Waals surface area (Å²) in [6.45, 7) is 1.75. The van der Waals surface area contributed by atoms with Gasteiger partial charge >= 0.3 is 0 Å².